The van der Waals surface area contributed by atoms with Crippen LogP contribution in [0.5, 0.6) is 0 Å². The zero-order valence-corrected chi connectivity index (χ0v) is 8.49. The Morgan fingerprint density at radius 3 is 2.60 bits per heavy atom. The Bertz CT molecular complexity index is 371. The van der Waals surface area contributed by atoms with E-state index in [4.69, 9.17) is 11.6 Å². The minimum absolute atomic E-state index is 0.144. The molecule has 0 radical (unpaired) electrons. The Labute approximate surface area is 90.2 Å². The summed E-state index contributed by atoms with van der Waals surface area (Å²) in [6.07, 6.45) is -3.98. The van der Waals surface area contributed by atoms with Gasteiger partial charge in [0.05, 0.1) is 5.56 Å². The first-order valence-electron chi connectivity index (χ1n) is 4.56. The molecule has 0 aromatic heterocycles. The maximum absolute atomic E-state index is 12.6. The van der Waals surface area contributed by atoms with E-state index in [0.29, 0.717) is 6.42 Å². The van der Waals surface area contributed by atoms with Gasteiger partial charge in [0.25, 0.3) is 0 Å². The second kappa shape index (κ2) is 3.68. The van der Waals surface area contributed by atoms with Crippen molar-refractivity contribution in [1.82, 2.24) is 5.32 Å². The van der Waals surface area contributed by atoms with Crippen LogP contribution >= 0.6 is 11.6 Å². The smallest absolute Gasteiger partial charge is 0.311 e. The molecule has 1 aromatic carbocycles. The molecule has 1 unspecified atom stereocenters. The summed E-state index contributed by atoms with van der Waals surface area (Å²) < 4.78 is 37.9. The number of rotatable bonds is 2. The Hall–Kier alpha value is -0.740. The maximum atomic E-state index is 12.6. The van der Waals surface area contributed by atoms with Gasteiger partial charge in [-0.05, 0) is 24.1 Å². The molecule has 5 heteroatoms. The van der Waals surface area contributed by atoms with E-state index in [1.807, 2.05) is 0 Å². The molecule has 1 aromatic rings. The summed E-state index contributed by atoms with van der Waals surface area (Å²) in [7, 11) is 0. The number of nitrogens with one attached hydrogen (secondary N) is 1. The molecule has 0 aliphatic carbocycles. The first-order chi connectivity index (χ1) is 6.98. The Morgan fingerprint density at radius 1 is 1.40 bits per heavy atom. The largest absolute Gasteiger partial charge is 0.416 e. The van der Waals surface area contributed by atoms with Crippen molar-refractivity contribution in [2.75, 3.05) is 6.54 Å². The Morgan fingerprint density at radius 2 is 2.07 bits per heavy atom. The third kappa shape index (κ3) is 2.44. The van der Waals surface area contributed by atoms with E-state index in [1.165, 1.54) is 12.1 Å². The van der Waals surface area contributed by atoms with Gasteiger partial charge in [0.2, 0.25) is 0 Å². The van der Waals surface area contributed by atoms with Crippen LogP contribution in [0.3, 0.4) is 0 Å². The monoisotopic (exact) mass is 235 g/mol. The third-order valence-electron chi connectivity index (χ3n) is 2.37. The fourth-order valence-electron chi connectivity index (χ4n) is 1.51. The number of hydrogen-bond acceptors (Lipinski definition) is 1. The molecule has 82 valence electrons. The lowest BCUT2D eigenvalue weighted by Crippen LogP contribution is -2.11. The average molecular weight is 236 g/mol. The molecule has 0 saturated carbocycles. The minimum atomic E-state index is -4.32. The highest BCUT2D eigenvalue weighted by atomic mass is 35.5. The summed E-state index contributed by atoms with van der Waals surface area (Å²) in [5, 5.41) is 3.16. The molecule has 1 fully saturated rings. The second-order valence-corrected chi connectivity index (χ2v) is 3.98. The average Bonchev–Trinajstić information content (AvgIpc) is 2.90. The summed E-state index contributed by atoms with van der Waals surface area (Å²) >= 11 is 5.78. The topological polar surface area (TPSA) is 21.9 Å². The first-order valence-corrected chi connectivity index (χ1v) is 4.94. The lowest BCUT2D eigenvalue weighted by Gasteiger charge is -2.13. The summed E-state index contributed by atoms with van der Waals surface area (Å²) in [4.78, 5) is 0. The van der Waals surface area contributed by atoms with Gasteiger partial charge in [-0.25, -0.2) is 0 Å². The molecule has 1 aliphatic rings. The number of hydrogen-bond donors (Lipinski definition) is 1. The van der Waals surface area contributed by atoms with E-state index in [-0.39, 0.29) is 16.6 Å². The van der Waals surface area contributed by atoms with Gasteiger partial charge in [0, 0.05) is 17.6 Å². The Kier molecular flexibility index (Phi) is 2.64. The van der Waals surface area contributed by atoms with Crippen LogP contribution in [0, 0.1) is 0 Å². The maximum Gasteiger partial charge on any atom is 0.416 e. The molecule has 0 spiro atoms. The zero-order chi connectivity index (χ0) is 11.1. The van der Waals surface area contributed by atoms with Crippen molar-refractivity contribution in [2.24, 2.45) is 0 Å². The highest BCUT2D eigenvalue weighted by molar-refractivity contribution is 6.31. The number of benzene rings is 1. The number of alkyl halides is 3. The fraction of sp³-hybridized carbons (Fsp3) is 0.400. The summed E-state index contributed by atoms with van der Waals surface area (Å²) in [5.41, 5.74) is -0.426. The molecular weight excluding hydrogens is 227 g/mol. The highest BCUT2D eigenvalue weighted by Gasteiger charge is 2.35. The molecule has 0 amide bonds. The van der Waals surface area contributed by atoms with E-state index >= 15 is 0 Å². The SMILES string of the molecule is FC(F)(F)c1cccc(Cl)c1CC1CN1. The van der Waals surface area contributed by atoms with Gasteiger partial charge < -0.3 is 5.32 Å². The van der Waals surface area contributed by atoms with E-state index in [1.54, 1.807) is 0 Å². The van der Waals surface area contributed by atoms with E-state index in [0.717, 1.165) is 12.6 Å². The van der Waals surface area contributed by atoms with E-state index in [2.05, 4.69) is 5.32 Å². The molecule has 1 nitrogen and oxygen atoms in total. The summed E-state index contributed by atoms with van der Waals surface area (Å²) in [5.74, 6) is 0. The molecule has 1 aliphatic heterocycles. The Balaban J connectivity index is 2.38. The molecule has 1 saturated heterocycles. The van der Waals surface area contributed by atoms with Gasteiger partial charge in [0.1, 0.15) is 0 Å². The van der Waals surface area contributed by atoms with Crippen LogP contribution in [-0.2, 0) is 12.6 Å². The van der Waals surface area contributed by atoms with Crippen molar-refractivity contribution in [3.8, 4) is 0 Å². The van der Waals surface area contributed by atoms with Crippen LogP contribution in [0.2, 0.25) is 5.02 Å². The zero-order valence-electron chi connectivity index (χ0n) is 7.74. The standard InChI is InChI=1S/C10H9ClF3N/c11-9-3-1-2-8(10(12,13)14)7(9)4-6-5-15-6/h1-3,6,15H,4-5H2. The molecule has 0 bridgehead atoms. The quantitative estimate of drug-likeness (QED) is 0.783. The molecule has 15 heavy (non-hydrogen) atoms. The first kappa shape index (κ1) is 10.8. The lowest BCUT2D eigenvalue weighted by atomic mass is 10.0. The van der Waals surface area contributed by atoms with Gasteiger partial charge in [-0.1, -0.05) is 17.7 Å². The third-order valence-corrected chi connectivity index (χ3v) is 2.72. The summed E-state index contributed by atoms with van der Waals surface area (Å²) in [6.45, 7) is 0.766. The normalized spacial score (nSPS) is 20.4. The van der Waals surface area contributed by atoms with Crippen LogP contribution in [0.1, 0.15) is 11.1 Å². The van der Waals surface area contributed by atoms with Crippen molar-refractivity contribution in [2.45, 2.75) is 18.6 Å². The van der Waals surface area contributed by atoms with Crippen LogP contribution in [0.25, 0.3) is 0 Å². The van der Waals surface area contributed by atoms with Crippen molar-refractivity contribution in [3.05, 3.63) is 34.3 Å². The van der Waals surface area contributed by atoms with Crippen LogP contribution in [-0.4, -0.2) is 12.6 Å². The number of halogens is 4. The highest BCUT2D eigenvalue weighted by Crippen LogP contribution is 2.35. The van der Waals surface area contributed by atoms with E-state index < -0.39 is 11.7 Å². The van der Waals surface area contributed by atoms with Crippen LogP contribution < -0.4 is 5.32 Å². The van der Waals surface area contributed by atoms with Gasteiger partial charge in [-0.15, -0.1) is 0 Å². The van der Waals surface area contributed by atoms with Crippen molar-refractivity contribution < 1.29 is 13.2 Å². The molecule has 2 rings (SSSR count). The lowest BCUT2D eigenvalue weighted by molar-refractivity contribution is -0.138. The van der Waals surface area contributed by atoms with E-state index in [9.17, 15) is 13.2 Å². The minimum Gasteiger partial charge on any atom is -0.311 e. The molecule has 1 heterocycles. The van der Waals surface area contributed by atoms with Crippen molar-refractivity contribution in [1.29, 1.82) is 0 Å². The van der Waals surface area contributed by atoms with Gasteiger partial charge in [-0.3, -0.25) is 0 Å². The van der Waals surface area contributed by atoms with Crippen molar-refractivity contribution >= 4 is 11.6 Å². The molecular formula is C10H9ClF3N. The molecule has 1 atom stereocenters. The van der Waals surface area contributed by atoms with Gasteiger partial charge >= 0.3 is 6.18 Å². The predicted molar refractivity (Wildman–Crippen MR) is 51.9 cm³/mol. The predicted octanol–water partition coefficient (Wildman–Crippen LogP) is 2.87. The second-order valence-electron chi connectivity index (χ2n) is 3.57. The fourth-order valence-corrected chi connectivity index (χ4v) is 1.76. The summed E-state index contributed by atoms with van der Waals surface area (Å²) in [6, 6.07) is 4.04. The van der Waals surface area contributed by atoms with Gasteiger partial charge in [-0.2, -0.15) is 13.2 Å². The van der Waals surface area contributed by atoms with Crippen LogP contribution in [0.15, 0.2) is 18.2 Å². The van der Waals surface area contributed by atoms with Crippen molar-refractivity contribution in [3.63, 3.8) is 0 Å². The molecule has 1 N–H and O–H groups in total. The van der Waals surface area contributed by atoms with Crippen LogP contribution in [0.4, 0.5) is 13.2 Å². The van der Waals surface area contributed by atoms with Gasteiger partial charge in [0.15, 0.2) is 0 Å².